The highest BCUT2D eigenvalue weighted by Gasteiger charge is 2.66. The Morgan fingerprint density at radius 3 is 1.78 bits per heavy atom. The van der Waals surface area contributed by atoms with E-state index in [9.17, 15) is 14.7 Å². The molecule has 11 rings (SSSR count). The van der Waals surface area contributed by atoms with E-state index in [1.165, 1.54) is 5.19 Å². The first-order chi connectivity index (χ1) is 33.0. The Morgan fingerprint density at radius 1 is 0.632 bits per heavy atom. The zero-order chi connectivity index (χ0) is 46.9. The molecule has 4 heterocycles. The highest BCUT2D eigenvalue weighted by molar-refractivity contribution is 6.91. The molecular weight excluding hydrogens is 871 g/mol. The number of fused-ring (bicyclic) bond motifs is 6. The highest BCUT2D eigenvalue weighted by atomic mass is 28.3. The maximum atomic E-state index is 16.0. The standard InChI is InChI=1S/C56H49N3O8Si/c1-35-52(68(3,4)40-27-25-39(64-2)26-28-40)51(30-31-60)67-56(35)43-33-38(59-46-19-8-12-23-50(46)66-48-21-10-6-17-42(48)54(59)62)24-29-44(43)57(55(56)63)34-36-14-13-15-37(32-36)58-45-18-7-11-22-49(45)65-47-20-9-5-16-41(47)53(58)61/h5-29,32-33,35,51-52,60H,30-31,34H2,1-4H3/t35-,51+,52-,56+/m1/s1. The minimum Gasteiger partial charge on any atom is -0.497 e. The van der Waals surface area contributed by atoms with Crippen molar-refractivity contribution in [2.24, 2.45) is 5.92 Å². The second-order valence-electron chi connectivity index (χ2n) is 18.3. The Hall–Kier alpha value is -7.51. The number of carbonyl (C=O) groups is 3. The van der Waals surface area contributed by atoms with Gasteiger partial charge in [-0.1, -0.05) is 98.0 Å². The SMILES string of the molecule is COc1ccc([Si](C)(C)[C@H]2[C@H](CCO)O[C@@]3(C(=O)N(Cc4cccc(N5C(=O)c6ccccc6Oc6ccccc65)c4)c4ccc(N5C(=O)c6ccccc6Oc6ccccc65)cc43)[C@@H]2C)cc1. The van der Waals surface area contributed by atoms with Crippen molar-refractivity contribution in [1.29, 1.82) is 0 Å². The molecular formula is C56H49N3O8Si. The lowest BCUT2D eigenvalue weighted by Crippen LogP contribution is -2.51. The number of ether oxygens (including phenoxy) is 4. The van der Waals surface area contributed by atoms with Crippen LogP contribution in [-0.4, -0.2) is 50.7 Å². The third kappa shape index (κ3) is 6.73. The van der Waals surface area contributed by atoms with E-state index in [0.717, 1.165) is 11.3 Å². The summed E-state index contributed by atoms with van der Waals surface area (Å²) in [5.74, 6) is 1.60. The molecule has 0 bridgehead atoms. The molecule has 0 aromatic heterocycles. The second-order valence-corrected chi connectivity index (χ2v) is 23.0. The average Bonchev–Trinajstić information content (AvgIpc) is 3.66. The van der Waals surface area contributed by atoms with Crippen molar-refractivity contribution in [3.63, 3.8) is 0 Å². The first kappa shape index (κ1) is 43.1. The summed E-state index contributed by atoms with van der Waals surface area (Å²) in [7, 11) is -0.870. The van der Waals surface area contributed by atoms with Crippen molar-refractivity contribution in [3.05, 3.63) is 186 Å². The molecule has 0 aliphatic carbocycles. The fourth-order valence-electron chi connectivity index (χ4n) is 11.1. The number of nitrogens with zero attached hydrogens (tertiary/aromatic N) is 3. The van der Waals surface area contributed by atoms with Gasteiger partial charge in [0.1, 0.15) is 17.2 Å². The summed E-state index contributed by atoms with van der Waals surface area (Å²) in [5.41, 5.74) is 3.59. The van der Waals surface area contributed by atoms with Gasteiger partial charge in [0.2, 0.25) is 0 Å². The number of amides is 3. The van der Waals surface area contributed by atoms with Crippen LogP contribution in [0.1, 0.15) is 45.2 Å². The van der Waals surface area contributed by atoms with Crippen LogP contribution in [0.2, 0.25) is 18.6 Å². The smallest absolute Gasteiger partial charge is 0.266 e. The normalized spacial score (nSPS) is 20.4. The van der Waals surface area contributed by atoms with Gasteiger partial charge in [-0.2, -0.15) is 0 Å². The van der Waals surface area contributed by atoms with Crippen LogP contribution in [0.15, 0.2) is 164 Å². The summed E-state index contributed by atoms with van der Waals surface area (Å²) in [6, 6.07) is 50.9. The van der Waals surface area contributed by atoms with E-state index < -0.39 is 19.8 Å². The number of carbonyl (C=O) groups excluding carboxylic acids is 3. The molecule has 340 valence electrons. The zero-order valence-corrected chi connectivity index (χ0v) is 39.1. The Morgan fingerprint density at radius 2 is 1.19 bits per heavy atom. The predicted octanol–water partition coefficient (Wildman–Crippen LogP) is 11.0. The lowest BCUT2D eigenvalue weighted by Gasteiger charge is -2.37. The monoisotopic (exact) mass is 919 g/mol. The molecule has 3 amide bonds. The summed E-state index contributed by atoms with van der Waals surface area (Å²) < 4.78 is 25.5. The van der Waals surface area contributed by atoms with Crippen molar-refractivity contribution in [2.45, 2.75) is 50.2 Å². The molecule has 0 saturated carbocycles. The van der Waals surface area contributed by atoms with Gasteiger partial charge in [0.15, 0.2) is 17.1 Å². The topological polar surface area (TPSA) is 118 Å². The van der Waals surface area contributed by atoms with Gasteiger partial charge in [-0.3, -0.25) is 24.2 Å². The van der Waals surface area contributed by atoms with Crippen molar-refractivity contribution in [3.8, 4) is 28.7 Å². The van der Waals surface area contributed by atoms with Gasteiger partial charge in [0.25, 0.3) is 17.7 Å². The molecule has 4 aliphatic rings. The molecule has 1 N–H and O–H groups in total. The number of benzene rings is 7. The van der Waals surface area contributed by atoms with Crippen LogP contribution < -0.4 is 34.1 Å². The Balaban J connectivity index is 1.05. The van der Waals surface area contributed by atoms with Crippen LogP contribution in [0.3, 0.4) is 0 Å². The summed E-state index contributed by atoms with van der Waals surface area (Å²) in [6.07, 6.45) is -0.139. The molecule has 11 nitrogen and oxygen atoms in total. The Kier molecular flexibility index (Phi) is 10.6. The molecule has 1 fully saturated rings. The number of hydrogen-bond acceptors (Lipinski definition) is 8. The van der Waals surface area contributed by atoms with Crippen LogP contribution in [0.4, 0.5) is 28.4 Å². The molecule has 7 aromatic carbocycles. The number of aliphatic hydroxyl groups excluding tert-OH is 1. The maximum absolute atomic E-state index is 16.0. The quantitative estimate of drug-likeness (QED) is 0.142. The number of rotatable bonds is 9. The van der Waals surface area contributed by atoms with E-state index in [4.69, 9.17) is 18.9 Å². The molecule has 68 heavy (non-hydrogen) atoms. The average molecular weight is 920 g/mol. The van der Waals surface area contributed by atoms with Gasteiger partial charge in [-0.25, -0.2) is 0 Å². The molecule has 0 radical (unpaired) electrons. The summed E-state index contributed by atoms with van der Waals surface area (Å²) in [5, 5.41) is 11.8. The van der Waals surface area contributed by atoms with Gasteiger partial charge in [0, 0.05) is 29.5 Å². The number of hydrogen-bond donors (Lipinski definition) is 1. The third-order valence-corrected chi connectivity index (χ3v) is 18.7. The van der Waals surface area contributed by atoms with E-state index in [2.05, 4.69) is 32.2 Å². The first-order valence-corrected chi connectivity index (χ1v) is 26.0. The first-order valence-electron chi connectivity index (χ1n) is 22.9. The summed E-state index contributed by atoms with van der Waals surface area (Å²) in [6.45, 7) is 6.74. The maximum Gasteiger partial charge on any atom is 0.266 e. The third-order valence-electron chi connectivity index (χ3n) is 14.3. The molecule has 12 heteroatoms. The predicted molar refractivity (Wildman–Crippen MR) is 264 cm³/mol. The fourth-order valence-corrected chi connectivity index (χ4v) is 15.2. The van der Waals surface area contributed by atoms with Crippen molar-refractivity contribution in [1.82, 2.24) is 0 Å². The van der Waals surface area contributed by atoms with Gasteiger partial charge < -0.3 is 29.0 Å². The van der Waals surface area contributed by atoms with E-state index >= 15 is 4.79 Å². The molecule has 4 atom stereocenters. The van der Waals surface area contributed by atoms with Gasteiger partial charge in [-0.05, 0) is 109 Å². The molecule has 7 aromatic rings. The fraction of sp³-hybridized carbons (Fsp3) is 0.196. The van der Waals surface area contributed by atoms with Crippen LogP contribution >= 0.6 is 0 Å². The Labute approximate surface area is 395 Å². The highest BCUT2D eigenvalue weighted by Crippen LogP contribution is 2.61. The van der Waals surface area contributed by atoms with Gasteiger partial charge in [0.05, 0.1) is 56.0 Å². The number of anilines is 5. The second kappa shape index (κ2) is 16.7. The van der Waals surface area contributed by atoms with E-state index in [1.54, 1.807) is 46.1 Å². The lowest BCUT2D eigenvalue weighted by molar-refractivity contribution is -0.146. The lowest BCUT2D eigenvalue weighted by atomic mass is 9.82. The molecule has 1 saturated heterocycles. The summed E-state index contributed by atoms with van der Waals surface area (Å²) in [4.78, 5) is 50.3. The number of aliphatic hydroxyl groups is 1. The van der Waals surface area contributed by atoms with E-state index in [-0.39, 0.29) is 42.3 Å². The summed E-state index contributed by atoms with van der Waals surface area (Å²) >= 11 is 0. The van der Waals surface area contributed by atoms with Crippen LogP contribution in [0, 0.1) is 5.92 Å². The van der Waals surface area contributed by atoms with Crippen molar-refractivity contribution in [2.75, 3.05) is 28.4 Å². The largest absolute Gasteiger partial charge is 0.497 e. The minimum absolute atomic E-state index is 0.119. The molecule has 0 unspecified atom stereocenters. The Bertz CT molecular complexity index is 3160. The molecule has 4 aliphatic heterocycles. The van der Waals surface area contributed by atoms with Gasteiger partial charge in [-0.15, -0.1) is 0 Å². The van der Waals surface area contributed by atoms with Crippen molar-refractivity contribution < 1.29 is 38.4 Å². The number of para-hydroxylation sites is 6. The van der Waals surface area contributed by atoms with Gasteiger partial charge >= 0.3 is 0 Å². The zero-order valence-electron chi connectivity index (χ0n) is 38.1. The molecule has 1 spiro atoms. The minimum atomic E-state index is -2.52. The van der Waals surface area contributed by atoms with Crippen LogP contribution in [0.5, 0.6) is 28.7 Å². The number of methoxy groups -OCH3 is 1. The van der Waals surface area contributed by atoms with Crippen molar-refractivity contribution >= 4 is 59.4 Å². The van der Waals surface area contributed by atoms with Crippen LogP contribution in [0.25, 0.3) is 0 Å². The van der Waals surface area contributed by atoms with E-state index in [1.807, 2.05) is 127 Å². The van der Waals surface area contributed by atoms with Crippen LogP contribution in [-0.2, 0) is 21.7 Å². The van der Waals surface area contributed by atoms with E-state index in [0.29, 0.717) is 74.5 Å².